The molecular weight excluding hydrogens is 298 g/mol. The molecule has 6 heteroatoms. The van der Waals surface area contributed by atoms with Crippen LogP contribution in [0.1, 0.15) is 18.1 Å². The first-order valence-electron chi connectivity index (χ1n) is 6.96. The number of carbonyl (C=O) groups excluding carboxylic acids is 2. The third-order valence-corrected chi connectivity index (χ3v) is 4.04. The van der Waals surface area contributed by atoms with Gasteiger partial charge in [-0.2, -0.15) is 0 Å². The molecule has 0 saturated carbocycles. The van der Waals surface area contributed by atoms with Gasteiger partial charge >= 0.3 is 11.9 Å². The number of rotatable bonds is 4. The third kappa shape index (κ3) is 2.51. The fourth-order valence-corrected chi connectivity index (χ4v) is 2.70. The fraction of sp³-hybridized carbons (Fsp3) is 0.294. The van der Waals surface area contributed by atoms with E-state index in [4.69, 9.17) is 14.3 Å². The van der Waals surface area contributed by atoms with Gasteiger partial charge in [0.1, 0.15) is 11.1 Å². The van der Waals surface area contributed by atoms with E-state index in [9.17, 15) is 9.59 Å². The summed E-state index contributed by atoms with van der Waals surface area (Å²) in [4.78, 5) is 29.9. The summed E-state index contributed by atoms with van der Waals surface area (Å²) in [6, 6.07) is 7.42. The van der Waals surface area contributed by atoms with Crippen molar-refractivity contribution in [3.8, 4) is 0 Å². The highest BCUT2D eigenvalue weighted by Gasteiger charge is 2.52. The average molecular weight is 317 g/mol. The molecule has 122 valence electrons. The summed E-state index contributed by atoms with van der Waals surface area (Å²) in [6.07, 6.45) is 1.68. The van der Waals surface area contributed by atoms with Crippen LogP contribution in [0, 0.1) is 0 Å². The van der Waals surface area contributed by atoms with Gasteiger partial charge in [-0.3, -0.25) is 0 Å². The second-order valence-electron chi connectivity index (χ2n) is 5.14. The van der Waals surface area contributed by atoms with Crippen LogP contribution in [0.2, 0.25) is 0 Å². The maximum Gasteiger partial charge on any atom is 0.376 e. The second-order valence-corrected chi connectivity index (χ2v) is 5.14. The Morgan fingerprint density at radius 1 is 1.22 bits per heavy atom. The monoisotopic (exact) mass is 317 g/mol. The minimum absolute atomic E-state index is 0.0867. The first kappa shape index (κ1) is 16.8. The highest BCUT2D eigenvalue weighted by molar-refractivity contribution is 6.01. The molecule has 0 aromatic heterocycles. The number of methoxy groups -OCH3 is 2. The van der Waals surface area contributed by atoms with Crippen molar-refractivity contribution < 1.29 is 23.9 Å². The van der Waals surface area contributed by atoms with Crippen LogP contribution >= 0.6 is 0 Å². The van der Waals surface area contributed by atoms with Crippen molar-refractivity contribution in [1.82, 2.24) is 5.06 Å². The third-order valence-electron chi connectivity index (χ3n) is 4.04. The molecule has 1 aliphatic heterocycles. The predicted octanol–water partition coefficient (Wildman–Crippen LogP) is 2.02. The summed E-state index contributed by atoms with van der Waals surface area (Å²) in [5, 5.41) is 1.44. The molecule has 2 rings (SSSR count). The van der Waals surface area contributed by atoms with E-state index >= 15 is 0 Å². The molecule has 1 unspecified atom stereocenters. The van der Waals surface area contributed by atoms with Crippen LogP contribution in [0.3, 0.4) is 0 Å². The van der Waals surface area contributed by atoms with E-state index in [0.29, 0.717) is 0 Å². The first-order chi connectivity index (χ1) is 10.9. The molecule has 0 amide bonds. The van der Waals surface area contributed by atoms with Gasteiger partial charge in [0.05, 0.1) is 14.2 Å². The van der Waals surface area contributed by atoms with Gasteiger partial charge in [0.2, 0.25) is 5.76 Å². The number of likely N-dealkylation sites (N-methyl/N-ethyl adjacent to an activating group) is 1. The minimum atomic E-state index is -1.03. The number of esters is 2. The van der Waals surface area contributed by atoms with Crippen LogP contribution < -0.4 is 0 Å². The van der Waals surface area contributed by atoms with Crippen molar-refractivity contribution in [3.63, 3.8) is 0 Å². The van der Waals surface area contributed by atoms with E-state index in [1.807, 2.05) is 24.3 Å². The maximum atomic E-state index is 12.4. The molecule has 0 N–H and O–H groups in total. The van der Waals surface area contributed by atoms with Crippen molar-refractivity contribution in [2.24, 2.45) is 0 Å². The van der Waals surface area contributed by atoms with Gasteiger partial charge < -0.3 is 14.3 Å². The molecule has 0 saturated heterocycles. The Hall–Kier alpha value is -2.60. The van der Waals surface area contributed by atoms with Crippen molar-refractivity contribution >= 4 is 18.0 Å². The molecule has 0 fully saturated rings. The Kier molecular flexibility index (Phi) is 4.56. The van der Waals surface area contributed by atoms with Gasteiger partial charge in [0, 0.05) is 7.05 Å². The van der Waals surface area contributed by atoms with Crippen LogP contribution in [0.15, 0.2) is 42.2 Å². The summed E-state index contributed by atoms with van der Waals surface area (Å²) in [6.45, 7) is 5.57. The lowest BCUT2D eigenvalue weighted by atomic mass is 9.81. The van der Waals surface area contributed by atoms with Crippen molar-refractivity contribution in [2.45, 2.75) is 12.5 Å². The Balaban J connectivity index is 2.75. The highest BCUT2D eigenvalue weighted by atomic mass is 16.7. The van der Waals surface area contributed by atoms with Crippen LogP contribution in [0.25, 0.3) is 6.08 Å². The summed E-state index contributed by atoms with van der Waals surface area (Å²) >= 11 is 0. The predicted molar refractivity (Wildman–Crippen MR) is 83.8 cm³/mol. The van der Waals surface area contributed by atoms with Gasteiger partial charge in [-0.05, 0) is 18.1 Å². The fourth-order valence-electron chi connectivity index (χ4n) is 2.70. The molecule has 0 bridgehead atoms. The number of ether oxygens (including phenoxy) is 2. The van der Waals surface area contributed by atoms with E-state index in [0.717, 1.165) is 11.1 Å². The average Bonchev–Trinajstić information content (AvgIpc) is 2.85. The number of carbonyl (C=O) groups is 2. The van der Waals surface area contributed by atoms with E-state index < -0.39 is 17.5 Å². The standard InChI is InChI=1S/C17H19NO5/c1-6-11-9-7-8-10-12(11)17(2)13(15(19)21-4)14(16(20)22-5)23-18(17)3/h6-10H,1H2,2-5H3. The lowest BCUT2D eigenvalue weighted by Crippen LogP contribution is -2.40. The zero-order valence-electron chi connectivity index (χ0n) is 13.6. The molecule has 23 heavy (non-hydrogen) atoms. The van der Waals surface area contributed by atoms with Crippen LogP contribution in [-0.2, 0) is 29.4 Å². The molecule has 1 aromatic rings. The summed E-state index contributed by atoms with van der Waals surface area (Å²) < 4.78 is 9.58. The molecular formula is C17H19NO5. The van der Waals surface area contributed by atoms with Gasteiger partial charge in [0.25, 0.3) is 0 Å². The Labute approximate surface area is 134 Å². The molecule has 1 aliphatic rings. The molecule has 1 heterocycles. The molecule has 0 aliphatic carbocycles. The van der Waals surface area contributed by atoms with Crippen LogP contribution in [0.5, 0.6) is 0 Å². The molecule has 0 radical (unpaired) electrons. The lowest BCUT2D eigenvalue weighted by Gasteiger charge is -2.33. The quantitative estimate of drug-likeness (QED) is 0.792. The Morgan fingerprint density at radius 3 is 2.39 bits per heavy atom. The number of benzene rings is 1. The highest BCUT2D eigenvalue weighted by Crippen LogP contribution is 2.44. The zero-order chi connectivity index (χ0) is 17.2. The van der Waals surface area contributed by atoms with Gasteiger partial charge in [-0.15, -0.1) is 5.06 Å². The van der Waals surface area contributed by atoms with Gasteiger partial charge in [-0.1, -0.05) is 36.9 Å². The minimum Gasteiger partial charge on any atom is -0.465 e. The molecule has 6 nitrogen and oxygen atoms in total. The maximum absolute atomic E-state index is 12.4. The number of hydrogen-bond acceptors (Lipinski definition) is 6. The topological polar surface area (TPSA) is 65.1 Å². The summed E-state index contributed by atoms with van der Waals surface area (Å²) in [5.74, 6) is -1.57. The smallest absolute Gasteiger partial charge is 0.376 e. The van der Waals surface area contributed by atoms with E-state index in [1.165, 1.54) is 19.3 Å². The van der Waals surface area contributed by atoms with Crippen molar-refractivity contribution in [1.29, 1.82) is 0 Å². The van der Waals surface area contributed by atoms with E-state index in [2.05, 4.69) is 6.58 Å². The number of hydroxylamine groups is 2. The Bertz CT molecular complexity index is 694. The van der Waals surface area contributed by atoms with Crippen molar-refractivity contribution in [2.75, 3.05) is 21.3 Å². The lowest BCUT2D eigenvalue weighted by molar-refractivity contribution is -0.161. The van der Waals surface area contributed by atoms with E-state index in [-0.39, 0.29) is 11.3 Å². The molecule has 1 atom stereocenters. The SMILES string of the molecule is C=Cc1ccccc1C1(C)C(C(=O)OC)=C(C(=O)OC)ON1C. The Morgan fingerprint density at radius 2 is 1.83 bits per heavy atom. The van der Waals surface area contributed by atoms with Gasteiger partial charge in [0.15, 0.2) is 0 Å². The van der Waals surface area contributed by atoms with Gasteiger partial charge in [-0.25, -0.2) is 9.59 Å². The molecule has 1 aromatic carbocycles. The second kappa shape index (κ2) is 6.26. The number of nitrogens with zero attached hydrogens (tertiary/aromatic N) is 1. The largest absolute Gasteiger partial charge is 0.465 e. The summed E-state index contributed by atoms with van der Waals surface area (Å²) in [5.41, 5.74) is 0.639. The molecule has 0 spiro atoms. The van der Waals surface area contributed by atoms with Crippen LogP contribution in [-0.4, -0.2) is 38.3 Å². The van der Waals surface area contributed by atoms with Crippen molar-refractivity contribution in [3.05, 3.63) is 53.3 Å². The van der Waals surface area contributed by atoms with E-state index in [1.54, 1.807) is 20.0 Å². The van der Waals surface area contributed by atoms with Crippen LogP contribution in [0.4, 0.5) is 0 Å². The number of hydrogen-bond donors (Lipinski definition) is 0. The summed E-state index contributed by atoms with van der Waals surface area (Å²) in [7, 11) is 4.11. The zero-order valence-corrected chi connectivity index (χ0v) is 13.6. The first-order valence-corrected chi connectivity index (χ1v) is 6.96. The normalized spacial score (nSPS) is 20.9.